The van der Waals surface area contributed by atoms with Crippen LogP contribution in [0.4, 0.5) is 0 Å². The van der Waals surface area contributed by atoms with E-state index in [1.54, 1.807) is 0 Å². The zero-order valence-corrected chi connectivity index (χ0v) is 10.9. The van der Waals surface area contributed by atoms with Gasteiger partial charge in [0.05, 0.1) is 12.6 Å². The van der Waals surface area contributed by atoms with Gasteiger partial charge in [-0.25, -0.2) is 0 Å². The van der Waals surface area contributed by atoms with E-state index in [1.165, 1.54) is 0 Å². The van der Waals surface area contributed by atoms with Crippen LogP contribution in [0.5, 0.6) is 0 Å². The van der Waals surface area contributed by atoms with Gasteiger partial charge in [0.15, 0.2) is 0 Å². The van der Waals surface area contributed by atoms with E-state index in [0.29, 0.717) is 12.5 Å². The Kier molecular flexibility index (Phi) is 5.46. The van der Waals surface area contributed by atoms with Crippen molar-refractivity contribution in [2.45, 2.75) is 26.3 Å². The first-order chi connectivity index (χ1) is 8.04. The van der Waals surface area contributed by atoms with Gasteiger partial charge in [-0.2, -0.15) is 0 Å². The maximum atomic E-state index is 12.0. The van der Waals surface area contributed by atoms with Gasteiger partial charge < -0.3 is 10.6 Å². The summed E-state index contributed by atoms with van der Waals surface area (Å²) in [6.07, 6.45) is 6.02. The molecule has 1 fully saturated rings. The van der Waals surface area contributed by atoms with Gasteiger partial charge in [0.25, 0.3) is 0 Å². The summed E-state index contributed by atoms with van der Waals surface area (Å²) in [7, 11) is 0. The number of terminal acetylenes is 1. The number of hydrogen-bond donors (Lipinski definition) is 1. The summed E-state index contributed by atoms with van der Waals surface area (Å²) in [6.45, 7) is 8.02. The Morgan fingerprint density at radius 2 is 1.94 bits per heavy atom. The number of amides is 1. The van der Waals surface area contributed by atoms with Gasteiger partial charge in [0, 0.05) is 26.2 Å². The first-order valence-corrected chi connectivity index (χ1v) is 6.24. The lowest BCUT2D eigenvalue weighted by Crippen LogP contribution is -2.53. The molecule has 0 radical (unpaired) electrons. The normalized spacial score (nSPS) is 19.1. The summed E-state index contributed by atoms with van der Waals surface area (Å²) in [5, 5.41) is 0. The van der Waals surface area contributed by atoms with E-state index in [-0.39, 0.29) is 11.9 Å². The minimum Gasteiger partial charge on any atom is -0.339 e. The van der Waals surface area contributed by atoms with E-state index in [4.69, 9.17) is 12.2 Å². The third-order valence-corrected chi connectivity index (χ3v) is 3.04. The number of carbonyl (C=O) groups is 1. The SMILES string of the molecule is C#CCN1CCN(C(=O)[C@H](N)CC(C)C)CC1. The molecule has 17 heavy (non-hydrogen) atoms. The summed E-state index contributed by atoms with van der Waals surface area (Å²) in [5.41, 5.74) is 5.91. The van der Waals surface area contributed by atoms with Gasteiger partial charge in [-0.1, -0.05) is 19.8 Å². The number of carbonyl (C=O) groups excluding carboxylic acids is 1. The molecule has 4 nitrogen and oxygen atoms in total. The Bertz CT molecular complexity index is 288. The molecule has 0 spiro atoms. The molecule has 4 heteroatoms. The average Bonchev–Trinajstić information content (AvgIpc) is 2.28. The second kappa shape index (κ2) is 6.63. The molecule has 2 N–H and O–H groups in total. The van der Waals surface area contributed by atoms with E-state index in [9.17, 15) is 4.79 Å². The van der Waals surface area contributed by atoms with Crippen molar-refractivity contribution in [1.29, 1.82) is 0 Å². The van der Waals surface area contributed by atoms with Gasteiger partial charge in [0.2, 0.25) is 5.91 Å². The smallest absolute Gasteiger partial charge is 0.239 e. The Morgan fingerprint density at radius 1 is 1.35 bits per heavy atom. The average molecular weight is 237 g/mol. The first-order valence-electron chi connectivity index (χ1n) is 6.24. The molecule has 0 bridgehead atoms. The predicted molar refractivity (Wildman–Crippen MR) is 69.3 cm³/mol. The zero-order valence-electron chi connectivity index (χ0n) is 10.9. The quantitative estimate of drug-likeness (QED) is 0.708. The number of nitrogens with zero attached hydrogens (tertiary/aromatic N) is 2. The van der Waals surface area contributed by atoms with E-state index in [0.717, 1.165) is 32.6 Å². The summed E-state index contributed by atoms with van der Waals surface area (Å²) in [5.74, 6) is 3.17. The van der Waals surface area contributed by atoms with E-state index < -0.39 is 0 Å². The Morgan fingerprint density at radius 3 is 2.41 bits per heavy atom. The van der Waals surface area contributed by atoms with Crippen molar-refractivity contribution in [2.75, 3.05) is 32.7 Å². The summed E-state index contributed by atoms with van der Waals surface area (Å²) in [6, 6.07) is -0.353. The Labute approximate surface area is 104 Å². The fourth-order valence-corrected chi connectivity index (χ4v) is 2.10. The van der Waals surface area contributed by atoms with Crippen molar-refractivity contribution >= 4 is 5.91 Å². The molecule has 0 aromatic heterocycles. The molecular weight excluding hydrogens is 214 g/mol. The number of rotatable bonds is 4. The summed E-state index contributed by atoms with van der Waals surface area (Å²) in [4.78, 5) is 16.1. The van der Waals surface area contributed by atoms with Crippen molar-refractivity contribution in [1.82, 2.24) is 9.80 Å². The maximum absolute atomic E-state index is 12.0. The van der Waals surface area contributed by atoms with Crippen LogP contribution in [0.25, 0.3) is 0 Å². The number of nitrogens with two attached hydrogens (primary N) is 1. The molecule has 0 aliphatic carbocycles. The second-order valence-corrected chi connectivity index (χ2v) is 5.04. The minimum absolute atomic E-state index is 0.0825. The fourth-order valence-electron chi connectivity index (χ4n) is 2.10. The van der Waals surface area contributed by atoms with Crippen LogP contribution in [-0.4, -0.2) is 54.5 Å². The van der Waals surface area contributed by atoms with E-state index >= 15 is 0 Å². The van der Waals surface area contributed by atoms with Crippen LogP contribution in [0.3, 0.4) is 0 Å². The molecule has 1 heterocycles. The van der Waals surface area contributed by atoms with E-state index in [2.05, 4.69) is 24.7 Å². The highest BCUT2D eigenvalue weighted by atomic mass is 16.2. The van der Waals surface area contributed by atoms with Crippen LogP contribution in [0.1, 0.15) is 20.3 Å². The van der Waals surface area contributed by atoms with Crippen molar-refractivity contribution in [3.05, 3.63) is 0 Å². The lowest BCUT2D eigenvalue weighted by Gasteiger charge is -2.35. The highest BCUT2D eigenvalue weighted by molar-refractivity contribution is 5.81. The van der Waals surface area contributed by atoms with Crippen LogP contribution >= 0.6 is 0 Å². The molecule has 1 rings (SSSR count). The van der Waals surface area contributed by atoms with Crippen LogP contribution in [0.15, 0.2) is 0 Å². The second-order valence-electron chi connectivity index (χ2n) is 5.04. The van der Waals surface area contributed by atoms with Gasteiger partial charge in [0.1, 0.15) is 0 Å². The fraction of sp³-hybridized carbons (Fsp3) is 0.769. The highest BCUT2D eigenvalue weighted by Crippen LogP contribution is 2.08. The van der Waals surface area contributed by atoms with Gasteiger partial charge in [-0.3, -0.25) is 9.69 Å². The Balaban J connectivity index is 2.38. The lowest BCUT2D eigenvalue weighted by molar-refractivity contribution is -0.134. The van der Waals surface area contributed by atoms with Crippen molar-refractivity contribution in [2.24, 2.45) is 11.7 Å². The summed E-state index contributed by atoms with van der Waals surface area (Å²) >= 11 is 0. The highest BCUT2D eigenvalue weighted by Gasteiger charge is 2.25. The zero-order chi connectivity index (χ0) is 12.8. The molecule has 0 unspecified atom stereocenters. The lowest BCUT2D eigenvalue weighted by atomic mass is 10.0. The molecule has 1 atom stereocenters. The van der Waals surface area contributed by atoms with E-state index in [1.807, 2.05) is 4.90 Å². The van der Waals surface area contributed by atoms with Crippen LogP contribution in [0.2, 0.25) is 0 Å². The Hall–Kier alpha value is -1.05. The molecule has 1 amide bonds. The van der Waals surface area contributed by atoms with Gasteiger partial charge >= 0.3 is 0 Å². The van der Waals surface area contributed by atoms with Crippen LogP contribution in [0, 0.1) is 18.3 Å². The monoisotopic (exact) mass is 237 g/mol. The maximum Gasteiger partial charge on any atom is 0.239 e. The molecule has 1 aliphatic rings. The third kappa shape index (κ3) is 4.37. The molecule has 96 valence electrons. The van der Waals surface area contributed by atoms with Crippen molar-refractivity contribution in [3.8, 4) is 12.3 Å². The van der Waals surface area contributed by atoms with Crippen LogP contribution in [-0.2, 0) is 4.79 Å². The summed E-state index contributed by atoms with van der Waals surface area (Å²) < 4.78 is 0. The molecule has 0 saturated carbocycles. The number of hydrogen-bond acceptors (Lipinski definition) is 3. The molecule has 1 aliphatic heterocycles. The molecule has 1 saturated heterocycles. The predicted octanol–water partition coefficient (Wildman–Crippen LogP) is 0.137. The van der Waals surface area contributed by atoms with Crippen LogP contribution < -0.4 is 5.73 Å². The molecule has 0 aromatic rings. The van der Waals surface area contributed by atoms with Crippen molar-refractivity contribution < 1.29 is 4.79 Å². The molecular formula is C13H23N3O. The standard InChI is InChI=1S/C13H23N3O/c1-4-5-15-6-8-16(9-7-15)13(17)12(14)10-11(2)3/h1,11-12H,5-10,14H2,2-3H3/t12-/m1/s1. The van der Waals surface area contributed by atoms with Crippen molar-refractivity contribution in [3.63, 3.8) is 0 Å². The first kappa shape index (κ1) is 14.0. The largest absolute Gasteiger partial charge is 0.339 e. The minimum atomic E-state index is -0.353. The third-order valence-electron chi connectivity index (χ3n) is 3.04. The van der Waals surface area contributed by atoms with Gasteiger partial charge in [-0.05, 0) is 12.3 Å². The number of piperazine rings is 1. The topological polar surface area (TPSA) is 49.6 Å². The van der Waals surface area contributed by atoms with Gasteiger partial charge in [-0.15, -0.1) is 6.42 Å². The molecule has 0 aromatic carbocycles.